The van der Waals surface area contributed by atoms with Crippen molar-refractivity contribution in [3.05, 3.63) is 24.0 Å². The van der Waals surface area contributed by atoms with Crippen molar-refractivity contribution in [3.63, 3.8) is 0 Å². The van der Waals surface area contributed by atoms with E-state index in [0.717, 1.165) is 24.3 Å². The molecular formula is C13H17N3O2S. The van der Waals surface area contributed by atoms with Gasteiger partial charge in [-0.3, -0.25) is 19.5 Å². The molecule has 102 valence electrons. The van der Waals surface area contributed by atoms with Crippen LogP contribution in [0.15, 0.2) is 18.3 Å². The van der Waals surface area contributed by atoms with Gasteiger partial charge >= 0.3 is 0 Å². The Labute approximate surface area is 116 Å². The van der Waals surface area contributed by atoms with Gasteiger partial charge in [0.2, 0.25) is 5.91 Å². The van der Waals surface area contributed by atoms with E-state index in [1.165, 1.54) is 16.7 Å². The van der Waals surface area contributed by atoms with E-state index in [0.29, 0.717) is 12.2 Å². The zero-order valence-electron chi connectivity index (χ0n) is 10.9. The Kier molecular flexibility index (Phi) is 4.79. The molecule has 1 aliphatic rings. The maximum atomic E-state index is 11.7. The molecule has 0 bridgehead atoms. The predicted molar refractivity (Wildman–Crippen MR) is 76.0 cm³/mol. The van der Waals surface area contributed by atoms with Crippen LogP contribution in [0.1, 0.15) is 25.5 Å². The number of rotatable bonds is 5. The van der Waals surface area contributed by atoms with E-state index in [2.05, 4.69) is 17.2 Å². The first-order valence-corrected chi connectivity index (χ1v) is 7.35. The fourth-order valence-corrected chi connectivity index (χ4v) is 2.57. The minimum Gasteiger partial charge on any atom is -0.385 e. The molecule has 5 nitrogen and oxygen atoms in total. The maximum Gasteiger partial charge on any atom is 0.288 e. The lowest BCUT2D eigenvalue weighted by atomic mass is 10.3. The number of pyridine rings is 1. The molecule has 2 amide bonds. The molecule has 0 radical (unpaired) electrons. The lowest BCUT2D eigenvalue weighted by molar-refractivity contribution is -0.128. The third-order valence-electron chi connectivity index (χ3n) is 2.78. The van der Waals surface area contributed by atoms with Crippen molar-refractivity contribution in [1.82, 2.24) is 9.88 Å². The van der Waals surface area contributed by atoms with Crippen molar-refractivity contribution in [2.45, 2.75) is 26.3 Å². The number of carbonyl (C=O) groups excluding carboxylic acids is 2. The summed E-state index contributed by atoms with van der Waals surface area (Å²) in [6.45, 7) is 3.24. The van der Waals surface area contributed by atoms with Crippen molar-refractivity contribution in [3.8, 4) is 0 Å². The highest BCUT2D eigenvalue weighted by molar-refractivity contribution is 8.13. The van der Waals surface area contributed by atoms with E-state index >= 15 is 0 Å². The van der Waals surface area contributed by atoms with Crippen molar-refractivity contribution in [2.75, 3.05) is 17.6 Å². The number of hydrogen-bond acceptors (Lipinski definition) is 5. The highest BCUT2D eigenvalue weighted by Gasteiger charge is 2.26. The van der Waals surface area contributed by atoms with Gasteiger partial charge in [-0.25, -0.2) is 0 Å². The van der Waals surface area contributed by atoms with E-state index in [4.69, 9.17) is 0 Å². The summed E-state index contributed by atoms with van der Waals surface area (Å²) in [4.78, 5) is 28.9. The quantitative estimate of drug-likeness (QED) is 0.897. The molecule has 0 spiro atoms. The van der Waals surface area contributed by atoms with E-state index in [1.807, 2.05) is 12.1 Å². The molecule has 1 fully saturated rings. The molecule has 6 heteroatoms. The molecule has 1 aliphatic heterocycles. The van der Waals surface area contributed by atoms with E-state index in [-0.39, 0.29) is 17.7 Å². The van der Waals surface area contributed by atoms with Crippen LogP contribution in [-0.4, -0.2) is 33.3 Å². The molecule has 0 unspecified atom stereocenters. The molecule has 0 aromatic carbocycles. The molecule has 0 saturated carbocycles. The van der Waals surface area contributed by atoms with Crippen LogP contribution in [0.3, 0.4) is 0 Å². The fourth-order valence-electron chi connectivity index (χ4n) is 1.80. The summed E-state index contributed by atoms with van der Waals surface area (Å²) >= 11 is 1.19. The van der Waals surface area contributed by atoms with Crippen molar-refractivity contribution < 1.29 is 9.59 Å². The molecule has 19 heavy (non-hydrogen) atoms. The third-order valence-corrected chi connectivity index (χ3v) is 3.65. The van der Waals surface area contributed by atoms with Gasteiger partial charge in [0, 0.05) is 30.6 Å². The van der Waals surface area contributed by atoms with Gasteiger partial charge in [0.15, 0.2) is 0 Å². The van der Waals surface area contributed by atoms with Gasteiger partial charge < -0.3 is 5.32 Å². The normalized spacial score (nSPS) is 15.7. The average Bonchev–Trinajstić information content (AvgIpc) is 2.41. The molecule has 1 saturated heterocycles. The Balaban J connectivity index is 2.05. The molecule has 1 aromatic rings. The summed E-state index contributed by atoms with van der Waals surface area (Å²) in [5.41, 5.74) is 1.70. The first-order chi connectivity index (χ1) is 9.20. The summed E-state index contributed by atoms with van der Waals surface area (Å²) in [6, 6.07) is 3.77. The lowest BCUT2D eigenvalue weighted by Gasteiger charge is -2.23. The minimum absolute atomic E-state index is 0.113. The number of carbonyl (C=O) groups is 2. The Morgan fingerprint density at radius 1 is 1.47 bits per heavy atom. The summed E-state index contributed by atoms with van der Waals surface area (Å²) in [5, 5.41) is 3.08. The Morgan fingerprint density at radius 3 is 3.05 bits per heavy atom. The number of amides is 2. The highest BCUT2D eigenvalue weighted by atomic mass is 32.2. The van der Waals surface area contributed by atoms with E-state index in [1.54, 1.807) is 6.20 Å². The summed E-state index contributed by atoms with van der Waals surface area (Å²) < 4.78 is 0. The fraction of sp³-hybridized carbons (Fsp3) is 0.462. The smallest absolute Gasteiger partial charge is 0.288 e. The minimum atomic E-state index is -0.176. The van der Waals surface area contributed by atoms with Gasteiger partial charge in [0.25, 0.3) is 5.24 Å². The number of nitrogens with one attached hydrogen (secondary N) is 1. The SMILES string of the molecule is CCCNc1ccnc(CN2C(=O)CCSC2=O)c1. The second-order valence-electron chi connectivity index (χ2n) is 4.31. The molecule has 1 aromatic heterocycles. The van der Waals surface area contributed by atoms with Gasteiger partial charge in [-0.2, -0.15) is 0 Å². The second kappa shape index (κ2) is 6.56. The second-order valence-corrected chi connectivity index (χ2v) is 5.35. The van der Waals surface area contributed by atoms with Crippen LogP contribution in [0.5, 0.6) is 0 Å². The lowest BCUT2D eigenvalue weighted by Crippen LogP contribution is -2.37. The Bertz CT molecular complexity index is 463. The van der Waals surface area contributed by atoms with Crippen molar-refractivity contribution in [2.24, 2.45) is 0 Å². The first kappa shape index (κ1) is 13.9. The maximum absolute atomic E-state index is 11.7. The van der Waals surface area contributed by atoms with Crippen molar-refractivity contribution in [1.29, 1.82) is 0 Å². The van der Waals surface area contributed by atoms with Crippen LogP contribution in [0.2, 0.25) is 0 Å². The molecule has 0 aliphatic carbocycles. The highest BCUT2D eigenvalue weighted by Crippen LogP contribution is 2.20. The predicted octanol–water partition coefficient (Wildman–Crippen LogP) is 2.49. The molecule has 0 atom stereocenters. The number of imide groups is 1. The average molecular weight is 279 g/mol. The van der Waals surface area contributed by atoms with Crippen LogP contribution >= 0.6 is 11.8 Å². The zero-order valence-corrected chi connectivity index (χ0v) is 11.7. The largest absolute Gasteiger partial charge is 0.385 e. The van der Waals surface area contributed by atoms with Gasteiger partial charge in [-0.05, 0) is 18.6 Å². The molecule has 1 N–H and O–H groups in total. The molecular weight excluding hydrogens is 262 g/mol. The standard InChI is InChI=1S/C13H17N3O2S/c1-2-5-14-10-3-6-15-11(8-10)9-16-12(17)4-7-19-13(16)18/h3,6,8H,2,4-5,7,9H2,1H3,(H,14,15). The van der Waals surface area contributed by atoms with Crippen LogP contribution in [-0.2, 0) is 11.3 Å². The van der Waals surface area contributed by atoms with Crippen LogP contribution in [0.25, 0.3) is 0 Å². The van der Waals surface area contributed by atoms with Crippen LogP contribution < -0.4 is 5.32 Å². The number of aromatic nitrogens is 1. The van der Waals surface area contributed by atoms with Gasteiger partial charge in [-0.15, -0.1) is 0 Å². The van der Waals surface area contributed by atoms with Crippen molar-refractivity contribution >= 4 is 28.6 Å². The van der Waals surface area contributed by atoms with Gasteiger partial charge in [0.1, 0.15) is 0 Å². The zero-order chi connectivity index (χ0) is 13.7. The number of nitrogens with zero attached hydrogens (tertiary/aromatic N) is 2. The summed E-state index contributed by atoms with van der Waals surface area (Å²) in [5.74, 6) is 0.470. The summed E-state index contributed by atoms with van der Waals surface area (Å²) in [7, 11) is 0. The van der Waals surface area contributed by atoms with Gasteiger partial charge in [0.05, 0.1) is 12.2 Å². The van der Waals surface area contributed by atoms with Crippen LogP contribution in [0, 0.1) is 0 Å². The molecule has 2 rings (SSSR count). The van der Waals surface area contributed by atoms with E-state index < -0.39 is 0 Å². The Hall–Kier alpha value is -1.56. The number of thioether (sulfide) groups is 1. The number of hydrogen-bond donors (Lipinski definition) is 1. The number of anilines is 1. The third kappa shape index (κ3) is 3.70. The first-order valence-electron chi connectivity index (χ1n) is 6.36. The van der Waals surface area contributed by atoms with Crippen LogP contribution in [0.4, 0.5) is 10.5 Å². The van der Waals surface area contributed by atoms with Gasteiger partial charge in [-0.1, -0.05) is 18.7 Å². The Morgan fingerprint density at radius 2 is 2.32 bits per heavy atom. The topological polar surface area (TPSA) is 62.3 Å². The summed E-state index contributed by atoms with van der Waals surface area (Å²) in [6.07, 6.45) is 3.15. The van der Waals surface area contributed by atoms with E-state index in [9.17, 15) is 9.59 Å². The monoisotopic (exact) mass is 279 g/mol. The molecule has 2 heterocycles.